The average molecular weight is 1000 g/mol. The van der Waals surface area contributed by atoms with Crippen LogP contribution in [0, 0.1) is 13.8 Å². The van der Waals surface area contributed by atoms with E-state index < -0.39 is 92.9 Å². The van der Waals surface area contributed by atoms with Crippen LogP contribution in [-0.2, 0) is 30.4 Å². The van der Waals surface area contributed by atoms with E-state index in [1.165, 1.54) is 31.2 Å². The molecule has 68 heavy (non-hydrogen) atoms. The molecular formula is C39H36N8O18S3. The minimum Gasteiger partial charge on any atom is -0.505 e. The topological polar surface area (TPSA) is 401 Å². The number of aliphatic hydroxyl groups excluding tert-OH is 2. The van der Waals surface area contributed by atoms with Gasteiger partial charge in [-0.2, -0.15) is 35.0 Å². The number of benzene rings is 5. The molecule has 0 atom stereocenters. The highest BCUT2D eigenvalue weighted by Crippen LogP contribution is 2.46. The van der Waals surface area contributed by atoms with Gasteiger partial charge in [0.1, 0.15) is 73.6 Å². The number of ether oxygens (including phenoxy) is 3. The first kappa shape index (κ1) is 49.9. The predicted molar refractivity (Wildman–Crippen MR) is 234 cm³/mol. The lowest BCUT2D eigenvalue weighted by Gasteiger charge is -2.13. The summed E-state index contributed by atoms with van der Waals surface area (Å²) >= 11 is 0. The van der Waals surface area contributed by atoms with Gasteiger partial charge in [-0.15, -0.1) is 30.7 Å². The number of hydrogen-bond acceptors (Lipinski definition) is 21. The predicted octanol–water partition coefficient (Wildman–Crippen LogP) is 6.49. The number of aliphatic hydroxyl groups is 2. The first-order valence-electron chi connectivity index (χ1n) is 18.9. The lowest BCUT2D eigenvalue weighted by atomic mass is 10.1. The summed E-state index contributed by atoms with van der Waals surface area (Å²) in [6, 6.07) is 12.7. The third-order valence-corrected chi connectivity index (χ3v) is 12.0. The first-order chi connectivity index (χ1) is 32.0. The van der Waals surface area contributed by atoms with E-state index in [2.05, 4.69) is 35.8 Å². The molecule has 0 amide bonds. The summed E-state index contributed by atoms with van der Waals surface area (Å²) in [5.41, 5.74) is -2.98. The summed E-state index contributed by atoms with van der Waals surface area (Å²) in [5, 5.41) is 79.1. The van der Waals surface area contributed by atoms with Crippen molar-refractivity contribution in [2.24, 2.45) is 30.7 Å². The number of aromatic hydroxyl groups is 2. The van der Waals surface area contributed by atoms with Crippen molar-refractivity contribution in [2.45, 2.75) is 28.5 Å². The van der Waals surface area contributed by atoms with E-state index in [1.807, 2.05) is 0 Å². The number of carboxylic acid groups (broad SMARTS) is 1. The second-order valence-corrected chi connectivity index (χ2v) is 18.1. The number of aryl methyl sites for hydroxylation is 2. The van der Waals surface area contributed by atoms with Crippen LogP contribution in [0.5, 0.6) is 28.9 Å². The third-order valence-electron chi connectivity index (χ3n) is 9.26. The second kappa shape index (κ2) is 19.8. The average Bonchev–Trinajstić information content (AvgIpc) is 3.60. The van der Waals surface area contributed by atoms with Gasteiger partial charge in [-0.3, -0.25) is 13.7 Å². The summed E-state index contributed by atoms with van der Waals surface area (Å²) in [7, 11) is -13.5. The molecule has 0 aliphatic carbocycles. The van der Waals surface area contributed by atoms with Crippen molar-refractivity contribution in [3.05, 3.63) is 83.6 Å². The van der Waals surface area contributed by atoms with Crippen LogP contribution >= 0.6 is 0 Å². The van der Waals surface area contributed by atoms with Gasteiger partial charge in [0, 0.05) is 23.6 Å². The maximum Gasteiger partial charge on any atom is 0.358 e. The van der Waals surface area contributed by atoms with Crippen LogP contribution < -0.4 is 14.2 Å². The molecule has 358 valence electrons. The molecule has 5 aromatic carbocycles. The molecule has 0 fully saturated rings. The van der Waals surface area contributed by atoms with Crippen molar-refractivity contribution in [3.63, 3.8) is 0 Å². The zero-order chi connectivity index (χ0) is 49.9. The number of methoxy groups -OCH3 is 1. The molecule has 0 radical (unpaired) electrons. The lowest BCUT2D eigenvalue weighted by Crippen LogP contribution is -2.04. The number of carbonyl (C=O) groups is 1. The van der Waals surface area contributed by atoms with Gasteiger partial charge < -0.3 is 39.7 Å². The lowest BCUT2D eigenvalue weighted by molar-refractivity contribution is 0.0690. The molecule has 1 aromatic heterocycles. The van der Waals surface area contributed by atoms with E-state index in [0.717, 1.165) is 49.6 Å². The monoisotopic (exact) mass is 1000 g/mol. The molecule has 0 aliphatic heterocycles. The van der Waals surface area contributed by atoms with Gasteiger partial charge in [0.05, 0.1) is 26.0 Å². The Balaban J connectivity index is 1.47. The van der Waals surface area contributed by atoms with Crippen LogP contribution in [-0.4, -0.2) is 114 Å². The number of rotatable bonds is 18. The SMILES string of the molecule is COc1cc(S(=O)(=O)O)c(C)cc1N=Nc1c(C(=O)O)nn(-c2ccc3cc(S(=O)(=O)O)c(N=Nc4cc(OCCO)c(N=Nc5ccc(C)cc5S(=O)(=O)O)cc4OCCO)c(O)c3c2)c1O. The summed E-state index contributed by atoms with van der Waals surface area (Å²) < 4.78 is 120. The Morgan fingerprint density at radius 3 is 1.72 bits per heavy atom. The van der Waals surface area contributed by atoms with Crippen LogP contribution in [0.15, 0.2) is 112 Å². The second-order valence-electron chi connectivity index (χ2n) is 13.9. The fourth-order valence-corrected chi connectivity index (χ4v) is 8.30. The van der Waals surface area contributed by atoms with Gasteiger partial charge in [-0.1, -0.05) is 12.1 Å². The Morgan fingerprint density at radius 1 is 0.632 bits per heavy atom. The zero-order valence-corrected chi connectivity index (χ0v) is 37.6. The maximum absolute atomic E-state index is 12.7. The Hall–Kier alpha value is -7.51. The molecule has 26 nitrogen and oxygen atoms in total. The smallest absolute Gasteiger partial charge is 0.358 e. The largest absolute Gasteiger partial charge is 0.505 e. The number of hydrogen-bond donors (Lipinski definition) is 8. The van der Waals surface area contributed by atoms with Crippen molar-refractivity contribution >= 4 is 81.2 Å². The fourth-order valence-electron chi connectivity index (χ4n) is 6.21. The van der Waals surface area contributed by atoms with E-state index >= 15 is 0 Å². The zero-order valence-electron chi connectivity index (χ0n) is 35.1. The summed E-state index contributed by atoms with van der Waals surface area (Å²) in [4.78, 5) is 10.2. The number of aromatic carboxylic acids is 1. The van der Waals surface area contributed by atoms with Crippen LogP contribution in [0.2, 0.25) is 0 Å². The maximum atomic E-state index is 12.7. The highest BCUT2D eigenvalue weighted by molar-refractivity contribution is 7.86. The minimum absolute atomic E-state index is 0.0101. The van der Waals surface area contributed by atoms with E-state index in [9.17, 15) is 69.2 Å². The van der Waals surface area contributed by atoms with Crippen molar-refractivity contribution in [3.8, 4) is 34.6 Å². The van der Waals surface area contributed by atoms with Crippen molar-refractivity contribution in [2.75, 3.05) is 33.5 Å². The van der Waals surface area contributed by atoms with E-state index in [1.54, 1.807) is 6.92 Å². The van der Waals surface area contributed by atoms with Crippen LogP contribution in [0.1, 0.15) is 21.6 Å². The third kappa shape index (κ3) is 10.8. The van der Waals surface area contributed by atoms with Crippen molar-refractivity contribution < 1.29 is 83.4 Å². The standard InChI is InChI=1S/C39H36N8O18S3/c1-19-4-7-24(32(12-19)67(57,58)59)40-41-26-16-30(65-11-9-49)27(17-29(26)64-10-8-48)43-44-34-33(68(60,61)62)14-21-5-6-22(15-23(21)37(34)50)47-38(51)35(36(46-47)39(52)53)45-42-25-13-20(2)31(66(54,55)56)18-28(25)63-3/h4-7,12-18,48-51H,8-11H2,1-3H3,(H,52,53)(H,54,55,56)(H,57,58,59)(H,60,61,62). The Morgan fingerprint density at radius 2 is 1.18 bits per heavy atom. The van der Waals surface area contributed by atoms with Crippen LogP contribution in [0.3, 0.4) is 0 Å². The van der Waals surface area contributed by atoms with Crippen LogP contribution in [0.4, 0.5) is 34.1 Å². The van der Waals surface area contributed by atoms with E-state index in [4.69, 9.17) is 14.2 Å². The van der Waals surface area contributed by atoms with Crippen LogP contribution in [0.25, 0.3) is 16.5 Å². The van der Waals surface area contributed by atoms with Gasteiger partial charge in [-0.25, -0.2) is 4.79 Å². The normalized spacial score (nSPS) is 12.5. The minimum atomic E-state index is -5.20. The van der Waals surface area contributed by atoms with Gasteiger partial charge in [-0.05, 0) is 66.8 Å². The Labute approximate surface area is 384 Å². The van der Waals surface area contributed by atoms with Gasteiger partial charge in [0.15, 0.2) is 11.4 Å². The molecule has 1 heterocycles. The number of carboxylic acids is 1. The number of aromatic nitrogens is 2. The molecular weight excluding hydrogens is 965 g/mol. The molecule has 8 N–H and O–H groups in total. The highest BCUT2D eigenvalue weighted by Gasteiger charge is 2.27. The molecule has 6 rings (SSSR count). The Bertz CT molecular complexity index is 3430. The molecule has 0 aliphatic rings. The molecule has 0 spiro atoms. The molecule has 29 heteroatoms. The summed E-state index contributed by atoms with van der Waals surface area (Å²) in [6.45, 7) is 1.13. The first-order valence-corrected chi connectivity index (χ1v) is 23.3. The van der Waals surface area contributed by atoms with Crippen molar-refractivity contribution in [1.29, 1.82) is 0 Å². The van der Waals surface area contributed by atoms with E-state index in [-0.39, 0.29) is 75.2 Å². The molecule has 0 saturated heterocycles. The molecule has 0 bridgehead atoms. The van der Waals surface area contributed by atoms with Gasteiger partial charge in [0.2, 0.25) is 11.6 Å². The number of fused-ring (bicyclic) bond motifs is 1. The number of nitrogens with zero attached hydrogens (tertiary/aromatic N) is 8. The molecule has 0 unspecified atom stereocenters. The van der Waals surface area contributed by atoms with Gasteiger partial charge in [0.25, 0.3) is 30.4 Å². The number of phenols is 1. The highest BCUT2D eigenvalue weighted by atomic mass is 32.2. The Kier molecular flexibility index (Phi) is 14.5. The number of phenolic OH excluding ortho intramolecular Hbond substituents is 1. The summed E-state index contributed by atoms with van der Waals surface area (Å²) in [6.07, 6.45) is 0. The van der Waals surface area contributed by atoms with E-state index in [0.29, 0.717) is 10.2 Å². The van der Waals surface area contributed by atoms with Gasteiger partial charge >= 0.3 is 5.97 Å². The van der Waals surface area contributed by atoms with Crippen molar-refractivity contribution in [1.82, 2.24) is 9.78 Å². The fraction of sp³-hybridized carbons (Fsp3) is 0.179. The summed E-state index contributed by atoms with van der Waals surface area (Å²) in [5.74, 6) is -4.18. The quantitative estimate of drug-likeness (QED) is 0.0337. The number of azo groups is 3. The molecule has 6 aromatic rings. The molecule has 0 saturated carbocycles.